The number of ether oxygens (including phenoxy) is 4. The molecule has 0 radical (unpaired) electrons. The molecule has 0 bridgehead atoms. The molecule has 0 saturated heterocycles. The van der Waals surface area contributed by atoms with Crippen molar-refractivity contribution >= 4 is 36.7 Å². The van der Waals surface area contributed by atoms with Gasteiger partial charge in [0.2, 0.25) is 8.38 Å². The molecule has 0 fully saturated rings. The Kier molecular flexibility index (Phi) is 11.8. The first-order valence-corrected chi connectivity index (χ1v) is 14.6. The number of rotatable bonds is 13. The third-order valence-corrected chi connectivity index (χ3v) is 7.02. The molecule has 3 rings (SSSR count). The molecule has 1 unspecified atom stereocenters. The summed E-state index contributed by atoms with van der Waals surface area (Å²) in [5, 5.41) is 5.80. The van der Waals surface area contributed by atoms with E-state index in [0.29, 0.717) is 34.4 Å². The molecular weight excluding hydrogens is 555 g/mol. The number of nitrogens with zero attached hydrogens (tertiary/aromatic N) is 1. The van der Waals surface area contributed by atoms with Crippen LogP contribution in [0.4, 0.5) is 5.13 Å². The second-order valence-corrected chi connectivity index (χ2v) is 12.2. The number of hydrogen-bond donors (Lipinski definition) is 1. The Balaban J connectivity index is 1.76. The first kappa shape index (κ1) is 31.4. The van der Waals surface area contributed by atoms with E-state index in [1.54, 1.807) is 56.6 Å². The topological polar surface area (TPSA) is 114 Å². The average Bonchev–Trinajstić information content (AvgIpc) is 3.29. The number of allylic oxidation sites excluding steroid dienone is 5. The van der Waals surface area contributed by atoms with Crippen LogP contribution < -0.4 is 14.8 Å². The van der Waals surface area contributed by atoms with Gasteiger partial charge >= 0.3 is 5.97 Å². The Morgan fingerprint density at radius 3 is 2.52 bits per heavy atom. The highest BCUT2D eigenvalue weighted by atomic mass is 32.1. The number of anilines is 1. The van der Waals surface area contributed by atoms with E-state index in [-0.39, 0.29) is 31.6 Å². The predicted octanol–water partition coefficient (Wildman–Crippen LogP) is 6.78. The normalized spacial score (nSPS) is 14.2. The van der Waals surface area contributed by atoms with Crippen LogP contribution in [0.25, 0.3) is 0 Å². The van der Waals surface area contributed by atoms with E-state index in [1.807, 2.05) is 32.1 Å². The number of aromatic nitrogens is 1. The number of methoxy groups -OCH3 is 1. The quantitative estimate of drug-likeness (QED) is 0.153. The summed E-state index contributed by atoms with van der Waals surface area (Å²) in [5.74, 6) is 0.879. The van der Waals surface area contributed by atoms with Gasteiger partial charge in [0.15, 0.2) is 18.7 Å². The molecule has 216 valence electrons. The molecule has 1 aromatic carbocycles. The lowest BCUT2D eigenvalue weighted by atomic mass is 9.98. The van der Waals surface area contributed by atoms with Gasteiger partial charge in [-0.2, -0.15) is 0 Å². The Morgan fingerprint density at radius 1 is 1.10 bits per heavy atom. The van der Waals surface area contributed by atoms with Gasteiger partial charge < -0.3 is 23.5 Å². The highest BCUT2D eigenvalue weighted by molar-refractivity contribution is 7.52. The van der Waals surface area contributed by atoms with Crippen molar-refractivity contribution in [2.24, 2.45) is 5.41 Å². The number of nitrogens with one attached hydrogen (secondary N) is 1. The van der Waals surface area contributed by atoms with Gasteiger partial charge in [0, 0.05) is 42.1 Å². The minimum atomic E-state index is -1.60. The first-order chi connectivity index (χ1) is 19.0. The van der Waals surface area contributed by atoms with Crippen LogP contribution in [0.15, 0.2) is 65.2 Å². The Morgan fingerprint density at radius 2 is 1.85 bits per heavy atom. The SMILES string of the molecule is COCOP(OCOC(=O)C(C)(C)C)C1=CC=C(Oc2cc(OC(C)C)cc(C(=O)Nc3nccs3)c2)CC=C1. The maximum atomic E-state index is 12.9. The standard InChI is InChI=1S/C28H35N2O8PS/c1-19(2)37-22-14-20(25(31)30-27-29-12-13-40-27)15-23(16-22)38-21-8-7-9-24(11-10-21)39(35-17-33-6)36-18-34-26(32)28(3,4)5/h7,9-16,19H,8,17-18H2,1-6H3,(H,29,30,31). The van der Waals surface area contributed by atoms with Crippen molar-refractivity contribution in [1.82, 2.24) is 4.98 Å². The van der Waals surface area contributed by atoms with Gasteiger partial charge in [-0.25, -0.2) is 4.98 Å². The number of carbonyl (C=O) groups excluding carboxylic acids is 2. The van der Waals surface area contributed by atoms with Crippen LogP contribution in [0.2, 0.25) is 0 Å². The summed E-state index contributed by atoms with van der Waals surface area (Å²) in [6, 6.07) is 5.05. The molecule has 1 aliphatic rings. The summed E-state index contributed by atoms with van der Waals surface area (Å²) < 4.78 is 33.8. The van der Waals surface area contributed by atoms with E-state index in [2.05, 4.69) is 10.3 Å². The summed E-state index contributed by atoms with van der Waals surface area (Å²) in [4.78, 5) is 29.1. The Hall–Kier alpha value is -3.08. The first-order valence-electron chi connectivity index (χ1n) is 12.5. The van der Waals surface area contributed by atoms with Crippen molar-refractivity contribution in [3.05, 3.63) is 70.7 Å². The molecule has 1 aromatic heterocycles. The van der Waals surface area contributed by atoms with Crippen LogP contribution in [0, 0.1) is 5.41 Å². The third-order valence-electron chi connectivity index (χ3n) is 4.93. The predicted molar refractivity (Wildman–Crippen MR) is 154 cm³/mol. The van der Waals surface area contributed by atoms with E-state index in [4.69, 9.17) is 28.0 Å². The molecule has 0 saturated carbocycles. The Bertz CT molecular complexity index is 1240. The van der Waals surface area contributed by atoms with Crippen molar-refractivity contribution < 1.29 is 37.6 Å². The molecule has 0 spiro atoms. The highest BCUT2D eigenvalue weighted by Gasteiger charge is 2.24. The summed E-state index contributed by atoms with van der Waals surface area (Å²) in [6.07, 6.45) is 9.40. The monoisotopic (exact) mass is 590 g/mol. The molecule has 1 amide bonds. The molecule has 1 aliphatic carbocycles. The second-order valence-electron chi connectivity index (χ2n) is 9.81. The number of esters is 1. The summed E-state index contributed by atoms with van der Waals surface area (Å²) in [6.45, 7) is 8.87. The van der Waals surface area contributed by atoms with E-state index >= 15 is 0 Å². The fraction of sp³-hybridized carbons (Fsp3) is 0.393. The van der Waals surface area contributed by atoms with Crippen molar-refractivity contribution in [2.45, 2.75) is 47.1 Å². The van der Waals surface area contributed by atoms with Crippen molar-refractivity contribution in [3.8, 4) is 11.5 Å². The molecule has 10 nitrogen and oxygen atoms in total. The molecule has 1 heterocycles. The molecule has 1 atom stereocenters. The largest absolute Gasteiger partial charge is 0.491 e. The zero-order valence-electron chi connectivity index (χ0n) is 23.5. The van der Waals surface area contributed by atoms with Gasteiger partial charge in [-0.1, -0.05) is 12.2 Å². The van der Waals surface area contributed by atoms with Crippen LogP contribution >= 0.6 is 19.7 Å². The minimum absolute atomic E-state index is 0.00560. The molecule has 0 aliphatic heterocycles. The second kappa shape index (κ2) is 15.1. The van der Waals surface area contributed by atoms with Gasteiger partial charge in [-0.05, 0) is 58.9 Å². The van der Waals surface area contributed by atoms with Crippen molar-refractivity contribution in [1.29, 1.82) is 0 Å². The van der Waals surface area contributed by atoms with Gasteiger partial charge in [0.05, 0.1) is 11.5 Å². The summed E-state index contributed by atoms with van der Waals surface area (Å²) >= 11 is 1.33. The summed E-state index contributed by atoms with van der Waals surface area (Å²) in [7, 11) is -0.0890. The van der Waals surface area contributed by atoms with Crippen molar-refractivity contribution in [2.75, 3.05) is 26.0 Å². The highest BCUT2D eigenvalue weighted by Crippen LogP contribution is 2.48. The van der Waals surface area contributed by atoms with E-state index in [0.717, 1.165) is 5.31 Å². The minimum Gasteiger partial charge on any atom is -0.491 e. The average molecular weight is 591 g/mol. The lowest BCUT2D eigenvalue weighted by molar-refractivity contribution is -0.159. The third kappa shape index (κ3) is 10.1. The van der Waals surface area contributed by atoms with E-state index in [9.17, 15) is 9.59 Å². The van der Waals surface area contributed by atoms with Crippen molar-refractivity contribution in [3.63, 3.8) is 0 Å². The number of carbonyl (C=O) groups is 2. The lowest BCUT2D eigenvalue weighted by Gasteiger charge is -2.20. The maximum absolute atomic E-state index is 12.9. The van der Waals surface area contributed by atoms with Crippen LogP contribution in [0.3, 0.4) is 0 Å². The van der Waals surface area contributed by atoms with Gasteiger partial charge in [0.1, 0.15) is 17.3 Å². The van der Waals surface area contributed by atoms with E-state index < -0.39 is 13.8 Å². The van der Waals surface area contributed by atoms with Gasteiger partial charge in [-0.15, -0.1) is 11.3 Å². The van der Waals surface area contributed by atoms with E-state index in [1.165, 1.54) is 18.4 Å². The number of amides is 1. The van der Waals surface area contributed by atoms with Crippen LogP contribution in [0.5, 0.6) is 11.5 Å². The van der Waals surface area contributed by atoms with Gasteiger partial charge in [-0.3, -0.25) is 19.4 Å². The fourth-order valence-electron chi connectivity index (χ4n) is 3.13. The van der Waals surface area contributed by atoms with Gasteiger partial charge in [0.25, 0.3) is 5.91 Å². The van der Waals surface area contributed by atoms with Crippen LogP contribution in [-0.4, -0.2) is 43.7 Å². The summed E-state index contributed by atoms with van der Waals surface area (Å²) in [5.41, 5.74) is -0.270. The lowest BCUT2D eigenvalue weighted by Crippen LogP contribution is -2.23. The number of benzene rings is 1. The molecule has 12 heteroatoms. The Labute approximate surface area is 239 Å². The molecule has 2 aromatic rings. The molecule has 40 heavy (non-hydrogen) atoms. The molecular formula is C28H35N2O8PS. The zero-order valence-corrected chi connectivity index (χ0v) is 25.2. The molecule has 1 N–H and O–H groups in total. The maximum Gasteiger partial charge on any atom is 0.313 e. The van der Waals surface area contributed by atoms with Crippen LogP contribution in [-0.2, 0) is 23.3 Å². The number of hydrogen-bond acceptors (Lipinski definition) is 10. The van der Waals surface area contributed by atoms with Crippen LogP contribution in [0.1, 0.15) is 51.4 Å². The zero-order chi connectivity index (χ0) is 29.1. The smallest absolute Gasteiger partial charge is 0.313 e. The number of thiazole rings is 1. The fourth-order valence-corrected chi connectivity index (χ4v) is 4.80.